The molecule has 3 saturated carbocycles. The van der Waals surface area contributed by atoms with E-state index in [2.05, 4.69) is 66.5 Å². The average molecular weight is 1030 g/mol. The van der Waals surface area contributed by atoms with Crippen LogP contribution in [0.15, 0.2) is 72.5 Å². The third kappa shape index (κ3) is 11.7. The quantitative estimate of drug-likeness (QED) is 0.0809. The summed E-state index contributed by atoms with van der Waals surface area (Å²) in [5.74, 6) is 2.63. The van der Waals surface area contributed by atoms with Crippen LogP contribution in [0.3, 0.4) is 0 Å². The van der Waals surface area contributed by atoms with Gasteiger partial charge >= 0.3 is 6.18 Å². The molecule has 2 bridgehead atoms. The molecule has 5 atom stereocenters. The minimum atomic E-state index is -4.67. The molecule has 4 heterocycles. The number of rotatable bonds is 15. The van der Waals surface area contributed by atoms with Crippen molar-refractivity contribution in [1.29, 1.82) is 0 Å². The number of hydrogen-bond acceptors (Lipinski definition) is 7. The van der Waals surface area contributed by atoms with Gasteiger partial charge in [0, 0.05) is 57.5 Å². The fourth-order valence-electron chi connectivity index (χ4n) is 11.4. The molecule has 2 aromatic carbocycles. The summed E-state index contributed by atoms with van der Waals surface area (Å²) in [6.45, 7) is 10.9. The lowest BCUT2D eigenvalue weighted by Gasteiger charge is -2.24. The Morgan fingerprint density at radius 3 is 1.90 bits per heavy atom. The summed E-state index contributed by atoms with van der Waals surface area (Å²) in [7, 11) is 4.46. The fourth-order valence-corrected chi connectivity index (χ4v) is 12.4. The number of carbonyl (C=O) groups is 3. The second-order valence-corrected chi connectivity index (χ2v) is 22.2. The highest BCUT2D eigenvalue weighted by atomic mass is 32.1. The van der Waals surface area contributed by atoms with Crippen molar-refractivity contribution in [3.05, 3.63) is 139 Å². The van der Waals surface area contributed by atoms with Crippen LogP contribution in [0.25, 0.3) is 0 Å². The van der Waals surface area contributed by atoms with E-state index in [1.165, 1.54) is 88.9 Å². The zero-order valence-electron chi connectivity index (χ0n) is 42.2. The van der Waals surface area contributed by atoms with Gasteiger partial charge in [-0.3, -0.25) is 28.4 Å². The molecule has 1 amide bonds. The lowest BCUT2D eigenvalue weighted by Crippen LogP contribution is -2.18. The Kier molecular flexibility index (Phi) is 15.5. The number of anilines is 1. The highest BCUT2D eigenvalue weighted by molar-refractivity contribution is 7.10. The summed E-state index contributed by atoms with van der Waals surface area (Å²) in [6, 6.07) is 15.9. The molecule has 0 radical (unpaired) electrons. The second-order valence-electron chi connectivity index (χ2n) is 21.3. The Bertz CT molecular complexity index is 2980. The molecule has 0 spiro atoms. The Morgan fingerprint density at radius 2 is 1.32 bits per heavy atom. The molecule has 4 aliphatic rings. The Labute approximate surface area is 424 Å². The summed E-state index contributed by atoms with van der Waals surface area (Å²) >= 11 is 1.49. The van der Waals surface area contributed by atoms with Crippen LogP contribution >= 0.6 is 11.3 Å². The standard InChI is InChI=1S/C20H22F2N2O.C19H20F2N2O.C16H20F3N3OS/c1-20(2)15-6-7-16(20)13-8-11(4-5-12(13)15)9-17(25)14-10-24(3)23-18(14)19(21)22;1-23-10-16(18(22-23)19(20)21)17(24)8-12-4-2-3-5-13(12)15-9-14(15)11-6-7-11;1-9(2)7-10(3)13-12(5-6-24-13)20-15(23)11-8-22(4)21-14(11)16(17,18)19/h4-5,8,10,15-16,19H,6-7,9H2,1-3H3;2-5,10-11,14-15,19H,6-9H2,1H3;5-6,8-10H,7H2,1-4H3,(H,20,23). The maximum absolute atomic E-state index is 13.1. The molecule has 3 fully saturated rings. The molecule has 73 heavy (non-hydrogen) atoms. The number of nitrogens with one attached hydrogen (secondary N) is 1. The van der Waals surface area contributed by atoms with Gasteiger partial charge in [0.2, 0.25) is 0 Å². The minimum Gasteiger partial charge on any atom is -0.321 e. The number of aromatic nitrogens is 6. The second kappa shape index (κ2) is 21.1. The summed E-state index contributed by atoms with van der Waals surface area (Å²) in [5, 5.41) is 15.3. The molecule has 5 unspecified atom stereocenters. The lowest BCUT2D eigenvalue weighted by molar-refractivity contribution is -0.141. The molecule has 4 aromatic heterocycles. The fraction of sp³-hybridized carbons (Fsp3) is 0.491. The molecular weight excluding hydrogens is 972 g/mol. The summed E-state index contributed by atoms with van der Waals surface area (Å²) in [4.78, 5) is 38.4. The maximum Gasteiger partial charge on any atom is 0.435 e. The minimum absolute atomic E-state index is 0.0276. The predicted molar refractivity (Wildman–Crippen MR) is 266 cm³/mol. The summed E-state index contributed by atoms with van der Waals surface area (Å²) in [6.07, 6.45) is 1.25. The largest absolute Gasteiger partial charge is 0.435 e. The van der Waals surface area contributed by atoms with Gasteiger partial charge in [0.1, 0.15) is 11.4 Å². The van der Waals surface area contributed by atoms with E-state index in [1.807, 2.05) is 36.6 Å². The van der Waals surface area contributed by atoms with Crippen LogP contribution in [0.5, 0.6) is 0 Å². The van der Waals surface area contributed by atoms with E-state index in [-0.39, 0.29) is 46.9 Å². The number of carbonyl (C=O) groups excluding carboxylic acids is 3. The van der Waals surface area contributed by atoms with E-state index in [9.17, 15) is 45.1 Å². The maximum atomic E-state index is 13.1. The van der Waals surface area contributed by atoms with E-state index in [0.717, 1.165) is 45.1 Å². The Balaban J connectivity index is 0.000000146. The van der Waals surface area contributed by atoms with Gasteiger partial charge < -0.3 is 5.32 Å². The van der Waals surface area contributed by atoms with Crippen molar-refractivity contribution in [2.24, 2.45) is 44.3 Å². The highest BCUT2D eigenvalue weighted by Gasteiger charge is 2.51. The van der Waals surface area contributed by atoms with Gasteiger partial charge in [-0.15, -0.1) is 11.3 Å². The van der Waals surface area contributed by atoms with E-state index in [0.29, 0.717) is 29.4 Å². The Hall–Kier alpha value is -5.91. The highest BCUT2D eigenvalue weighted by Crippen LogP contribution is 2.64. The molecule has 4 aliphatic carbocycles. The Morgan fingerprint density at radius 1 is 0.740 bits per heavy atom. The van der Waals surface area contributed by atoms with E-state index in [4.69, 9.17) is 0 Å². The van der Waals surface area contributed by atoms with Gasteiger partial charge in [0.05, 0.1) is 22.4 Å². The molecule has 0 saturated heterocycles. The van der Waals surface area contributed by atoms with Crippen molar-refractivity contribution in [1.82, 2.24) is 29.3 Å². The van der Waals surface area contributed by atoms with Crippen LogP contribution < -0.4 is 5.32 Å². The number of Topliss-reactive ketones (excluding diaryl/α,β-unsaturated/α-hetero) is 2. The van der Waals surface area contributed by atoms with Crippen LogP contribution in [0, 0.1) is 23.2 Å². The van der Waals surface area contributed by atoms with E-state index < -0.39 is 47.6 Å². The number of benzene rings is 2. The zero-order chi connectivity index (χ0) is 52.8. The van der Waals surface area contributed by atoms with Crippen molar-refractivity contribution < 1.29 is 45.1 Å². The number of alkyl halides is 7. The molecular formula is C55H62F7N7O3S. The first-order valence-corrected chi connectivity index (χ1v) is 25.7. The van der Waals surface area contributed by atoms with Gasteiger partial charge in [0.25, 0.3) is 18.8 Å². The zero-order valence-corrected chi connectivity index (χ0v) is 43.1. The van der Waals surface area contributed by atoms with Crippen LogP contribution in [0.4, 0.5) is 36.4 Å². The number of ketones is 2. The number of nitrogens with zero attached hydrogens (tertiary/aromatic N) is 6. The number of hydrogen-bond donors (Lipinski definition) is 1. The molecule has 18 heteroatoms. The van der Waals surface area contributed by atoms with Crippen LogP contribution in [-0.4, -0.2) is 46.8 Å². The number of fused-ring (bicyclic) bond motifs is 5. The van der Waals surface area contributed by atoms with Crippen molar-refractivity contribution in [2.45, 2.75) is 129 Å². The molecule has 1 N–H and O–H groups in total. The van der Waals surface area contributed by atoms with Crippen LogP contribution in [-0.2, 0) is 40.2 Å². The third-order valence-corrected chi connectivity index (χ3v) is 16.1. The number of amides is 1. The molecule has 0 aliphatic heterocycles. The van der Waals surface area contributed by atoms with Crippen molar-refractivity contribution in [3.63, 3.8) is 0 Å². The molecule has 10 rings (SSSR count). The molecule has 10 nitrogen and oxygen atoms in total. The van der Waals surface area contributed by atoms with E-state index >= 15 is 0 Å². The molecule has 6 aromatic rings. The predicted octanol–water partition coefficient (Wildman–Crippen LogP) is 14.0. The number of thiophene rings is 1. The number of halogens is 7. The van der Waals surface area contributed by atoms with Crippen LogP contribution in [0.1, 0.15) is 191 Å². The summed E-state index contributed by atoms with van der Waals surface area (Å²) < 4.78 is 94.9. The smallest absolute Gasteiger partial charge is 0.321 e. The van der Waals surface area contributed by atoms with Crippen molar-refractivity contribution in [2.75, 3.05) is 5.32 Å². The van der Waals surface area contributed by atoms with Gasteiger partial charge in [-0.25, -0.2) is 17.6 Å². The monoisotopic (exact) mass is 1030 g/mol. The van der Waals surface area contributed by atoms with Gasteiger partial charge in [-0.2, -0.15) is 28.5 Å². The van der Waals surface area contributed by atoms with Gasteiger partial charge in [0.15, 0.2) is 17.3 Å². The van der Waals surface area contributed by atoms with Crippen molar-refractivity contribution in [3.8, 4) is 0 Å². The lowest BCUT2D eigenvalue weighted by atomic mass is 9.80. The van der Waals surface area contributed by atoms with Gasteiger partial charge in [-0.1, -0.05) is 77.1 Å². The normalized spacial score (nSPS) is 19.9. The SMILES string of the molecule is CC(C)CC(C)c1sccc1NC(=O)c1cn(C)nc1C(F)(F)F.Cn1cc(C(=O)Cc2ccc3c(c2)C2CCC3C2(C)C)c(C(F)F)n1.Cn1cc(C(=O)Cc2ccccc2C2CC2C2CC2)c(C(F)F)n1. The number of aryl methyl sites for hydroxylation is 3. The average Bonchev–Trinajstić information content (AvgIpc) is 3.99. The first-order valence-electron chi connectivity index (χ1n) is 24.8. The first-order chi connectivity index (χ1) is 34.4. The molecule has 390 valence electrons. The summed E-state index contributed by atoms with van der Waals surface area (Å²) in [5.41, 5.74) is 4.29. The first kappa shape index (κ1) is 53.4. The van der Waals surface area contributed by atoms with Crippen LogP contribution in [0.2, 0.25) is 0 Å². The van der Waals surface area contributed by atoms with Crippen molar-refractivity contribution >= 4 is 34.5 Å². The topological polar surface area (TPSA) is 117 Å². The van der Waals surface area contributed by atoms with E-state index in [1.54, 1.807) is 20.2 Å². The third-order valence-electron chi connectivity index (χ3n) is 15.0. The van der Waals surface area contributed by atoms with Gasteiger partial charge in [-0.05, 0) is 125 Å².